The van der Waals surface area contributed by atoms with Crippen LogP contribution in [0.15, 0.2) is 58.6 Å². The largest absolute Gasteiger partial charge is 0.508 e. The third-order valence-electron chi connectivity index (χ3n) is 13.5. The van der Waals surface area contributed by atoms with E-state index in [-0.39, 0.29) is 83.6 Å². The first-order valence-corrected chi connectivity index (χ1v) is 21.0. The maximum Gasteiger partial charge on any atom is 0.186 e. The Morgan fingerprint density at radius 2 is 1.91 bits per heavy atom. The second kappa shape index (κ2) is 17.1. The molecule has 0 radical (unpaired) electrons. The normalized spacial score (nSPS) is 29.9. The van der Waals surface area contributed by atoms with Gasteiger partial charge in [0.25, 0.3) is 0 Å². The number of aryl methyl sites for hydroxylation is 1. The summed E-state index contributed by atoms with van der Waals surface area (Å²) in [5, 5.41) is 33.5. The van der Waals surface area contributed by atoms with Gasteiger partial charge in [-0.25, -0.2) is 4.99 Å². The zero-order valence-electron chi connectivity index (χ0n) is 33.4. The summed E-state index contributed by atoms with van der Waals surface area (Å²) < 4.78 is 13.2. The minimum Gasteiger partial charge on any atom is -0.508 e. The minimum atomic E-state index is -0.333. The van der Waals surface area contributed by atoms with E-state index in [4.69, 9.17) is 25.9 Å². The van der Waals surface area contributed by atoms with Gasteiger partial charge in [-0.3, -0.25) is 4.79 Å². The van der Waals surface area contributed by atoms with E-state index in [1.807, 2.05) is 25.1 Å². The van der Waals surface area contributed by atoms with Crippen molar-refractivity contribution in [3.8, 4) is 29.1 Å². The number of phenols is 2. The molecule has 0 aliphatic heterocycles. The van der Waals surface area contributed by atoms with Crippen molar-refractivity contribution in [2.24, 2.45) is 39.6 Å². The molecule has 0 amide bonds. The van der Waals surface area contributed by atoms with Crippen LogP contribution in [-0.4, -0.2) is 59.0 Å². The van der Waals surface area contributed by atoms with E-state index in [0.717, 1.165) is 85.6 Å². The van der Waals surface area contributed by atoms with Gasteiger partial charge in [0.05, 0.1) is 24.9 Å². The van der Waals surface area contributed by atoms with Crippen LogP contribution in [0.1, 0.15) is 131 Å². The first-order valence-electron chi connectivity index (χ1n) is 21.0. The molecule has 56 heavy (non-hydrogen) atoms. The van der Waals surface area contributed by atoms with Crippen LogP contribution < -0.4 is 16.2 Å². The minimum absolute atomic E-state index is 0.00637. The van der Waals surface area contributed by atoms with Crippen LogP contribution in [0.25, 0.3) is 0 Å². The highest BCUT2D eigenvalue weighted by Gasteiger charge is 2.61. The van der Waals surface area contributed by atoms with Crippen LogP contribution in [0.2, 0.25) is 0 Å². The lowest BCUT2D eigenvalue weighted by Crippen LogP contribution is -2.54. The van der Waals surface area contributed by atoms with Crippen molar-refractivity contribution in [2.45, 2.75) is 134 Å². The number of ether oxygens (including phenoxy) is 2. The number of aliphatic hydroxyl groups is 1. The number of hydrogen-bond donors (Lipinski definition) is 5. The number of nitrogens with two attached hydrogens (primary N) is 2. The molecule has 0 heterocycles. The van der Waals surface area contributed by atoms with Crippen molar-refractivity contribution in [2.75, 3.05) is 13.7 Å². The number of hydrogen-bond acceptors (Lipinski definition) is 7. The summed E-state index contributed by atoms with van der Waals surface area (Å²) in [4.78, 5) is 18.2. The van der Waals surface area contributed by atoms with Crippen LogP contribution in [-0.2, 0) is 16.0 Å². The summed E-state index contributed by atoms with van der Waals surface area (Å²) >= 11 is 0. The number of benzene rings is 2. The van der Waals surface area contributed by atoms with Gasteiger partial charge in [0.1, 0.15) is 5.75 Å². The van der Waals surface area contributed by atoms with Crippen molar-refractivity contribution in [3.63, 3.8) is 0 Å². The number of ketones is 1. The fourth-order valence-electron chi connectivity index (χ4n) is 11.4. The lowest BCUT2D eigenvalue weighted by atomic mass is 9.43. The highest BCUT2D eigenvalue weighted by Crippen LogP contribution is 2.70. The van der Waals surface area contributed by atoms with Crippen LogP contribution in [0.3, 0.4) is 0 Å². The molecule has 0 unspecified atom stereocenters. The van der Waals surface area contributed by atoms with Gasteiger partial charge >= 0.3 is 0 Å². The average molecular weight is 764 g/mol. The molecule has 3 saturated carbocycles. The number of aliphatic hydroxyl groups excluding tert-OH is 1. The molecule has 8 atom stereocenters. The fourth-order valence-corrected chi connectivity index (χ4v) is 11.4. The Labute approximate surface area is 332 Å². The number of phenolic OH excluding ortho intramolecular Hbond substituents is 2. The average Bonchev–Trinajstić information content (AvgIpc) is 3.68. The van der Waals surface area contributed by atoms with Crippen molar-refractivity contribution < 1.29 is 29.6 Å². The standard InChI is InChI=1S/C47H61N3O6/c1-4-9-29(27-51)21-35(53)17-16-31-25-41(56-36-13-5-6-14-36)45(54)43-37(31)15-8-11-33(50-46(48)49)22-32-24-39-38(30-10-7-12-34(52)23-30)20-28(2)26-47(39)19-18-40(55-3)42(32)44(43)47/h7,10,12,21,23-25,28,32-33,36,38,40,42,44,51-52,54H,4-6,9,11,13-14,16-20,22,26-27H2,1-3H3,(H4,48,49,50)/b29-21-/t28-,32+,33+,38+,40-,42+,44-,47-/m1/s1. The van der Waals surface area contributed by atoms with Gasteiger partial charge in [-0.05, 0) is 135 Å². The smallest absolute Gasteiger partial charge is 0.186 e. The third-order valence-corrected chi connectivity index (χ3v) is 13.5. The van der Waals surface area contributed by atoms with Crippen LogP contribution in [0.4, 0.5) is 0 Å². The summed E-state index contributed by atoms with van der Waals surface area (Å²) in [5.74, 6) is 8.12. The lowest BCUT2D eigenvalue weighted by molar-refractivity contribution is -0.114. The third kappa shape index (κ3) is 7.97. The second-order valence-electron chi connectivity index (χ2n) is 17.3. The first-order chi connectivity index (χ1) is 27.0. The number of guanidine groups is 1. The molecule has 9 heteroatoms. The Bertz CT molecular complexity index is 1930. The van der Waals surface area contributed by atoms with Gasteiger partial charge in [0, 0.05) is 42.9 Å². The van der Waals surface area contributed by atoms with Crippen molar-refractivity contribution in [3.05, 3.63) is 75.9 Å². The number of fused-ring (bicyclic) bond motifs is 1. The Morgan fingerprint density at radius 3 is 2.62 bits per heavy atom. The molecular weight excluding hydrogens is 703 g/mol. The van der Waals surface area contributed by atoms with E-state index in [0.29, 0.717) is 37.4 Å². The molecule has 0 saturated heterocycles. The molecule has 0 aromatic heterocycles. The molecule has 300 valence electrons. The van der Waals surface area contributed by atoms with Gasteiger partial charge in [0.2, 0.25) is 0 Å². The van der Waals surface area contributed by atoms with E-state index < -0.39 is 0 Å². The first kappa shape index (κ1) is 40.0. The molecule has 7 rings (SSSR count). The summed E-state index contributed by atoms with van der Waals surface area (Å²) in [7, 11) is 1.80. The summed E-state index contributed by atoms with van der Waals surface area (Å²) in [6.07, 6.45) is 14.9. The lowest BCUT2D eigenvalue weighted by Gasteiger charge is -2.62. The number of aromatic hydroxyl groups is 2. The number of carbonyl (C=O) groups excluding carboxylic acids is 1. The van der Waals surface area contributed by atoms with E-state index >= 15 is 0 Å². The SMILES string of the molecule is CCC/C(=C/C(=O)CCc1cc(OC2CCCC2)c(O)c2c1C#CC[C@H](N=C(N)N)C[C@H]1C=C3[C@H](c4cccc(O)c4)C[C@@H](C)C[C@]34CC[C@@H](OC)[C@H]1[C@H]24)CO. The van der Waals surface area contributed by atoms with Crippen LogP contribution >= 0.6 is 0 Å². The highest BCUT2D eigenvalue weighted by molar-refractivity contribution is 5.90. The Balaban J connectivity index is 1.48. The molecule has 5 aliphatic carbocycles. The predicted molar refractivity (Wildman–Crippen MR) is 220 cm³/mol. The number of aliphatic imine (C=N–C) groups is 1. The van der Waals surface area contributed by atoms with Crippen molar-refractivity contribution in [1.82, 2.24) is 0 Å². The van der Waals surface area contributed by atoms with Gasteiger partial charge < -0.3 is 36.3 Å². The van der Waals surface area contributed by atoms with E-state index in [1.54, 1.807) is 19.3 Å². The van der Waals surface area contributed by atoms with Gasteiger partial charge in [0.15, 0.2) is 23.2 Å². The highest BCUT2D eigenvalue weighted by atomic mass is 16.5. The van der Waals surface area contributed by atoms with E-state index in [9.17, 15) is 20.1 Å². The molecule has 3 fully saturated rings. The number of methoxy groups -OCH3 is 1. The van der Waals surface area contributed by atoms with Gasteiger partial charge in [-0.2, -0.15) is 0 Å². The molecule has 2 aromatic rings. The topological polar surface area (TPSA) is 161 Å². The number of nitrogens with zero attached hydrogens (tertiary/aromatic N) is 1. The molecule has 9 nitrogen and oxygen atoms in total. The Hall–Kier alpha value is -4.26. The molecule has 1 spiro atoms. The Kier molecular flexibility index (Phi) is 12.2. The number of rotatable bonds is 12. The van der Waals surface area contributed by atoms with Crippen LogP contribution in [0.5, 0.6) is 17.2 Å². The molecule has 4 bridgehead atoms. The Morgan fingerprint density at radius 1 is 1.11 bits per heavy atom. The molecule has 7 N–H and O–H groups in total. The zero-order chi connectivity index (χ0) is 39.6. The maximum absolute atomic E-state index is 13.5. The summed E-state index contributed by atoms with van der Waals surface area (Å²) in [6, 6.07) is 9.40. The fraction of sp³-hybridized carbons (Fsp3) is 0.574. The predicted octanol–water partition coefficient (Wildman–Crippen LogP) is 7.69. The second-order valence-corrected chi connectivity index (χ2v) is 17.3. The van der Waals surface area contributed by atoms with Gasteiger partial charge in [-0.15, -0.1) is 0 Å². The quantitative estimate of drug-likeness (QED) is 0.0484. The van der Waals surface area contributed by atoms with E-state index in [2.05, 4.69) is 30.9 Å². The van der Waals surface area contributed by atoms with E-state index in [1.165, 1.54) is 5.57 Å². The maximum atomic E-state index is 13.5. The number of carbonyl (C=O) groups is 1. The monoisotopic (exact) mass is 763 g/mol. The molecule has 2 aromatic carbocycles. The molecular formula is C47H61N3O6. The summed E-state index contributed by atoms with van der Waals surface area (Å²) in [6.45, 7) is 4.23. The molecule has 5 aliphatic rings. The zero-order valence-corrected chi connectivity index (χ0v) is 33.4. The van der Waals surface area contributed by atoms with Gasteiger partial charge in [-0.1, -0.05) is 55.9 Å². The van der Waals surface area contributed by atoms with Crippen molar-refractivity contribution in [1.29, 1.82) is 0 Å². The summed E-state index contributed by atoms with van der Waals surface area (Å²) in [5.41, 5.74) is 17.4. The number of allylic oxidation sites excluding steroid dienone is 3. The van der Waals surface area contributed by atoms with Crippen LogP contribution in [0, 0.1) is 35.0 Å². The van der Waals surface area contributed by atoms with Crippen molar-refractivity contribution >= 4 is 11.7 Å².